The maximum atomic E-state index is 13.2. The van der Waals surface area contributed by atoms with Gasteiger partial charge in [0, 0.05) is 11.9 Å². The number of benzene rings is 1. The molecule has 0 amide bonds. The lowest BCUT2D eigenvalue weighted by Crippen LogP contribution is -2.25. The largest absolute Gasteiger partial charge is 0.481 e. The van der Waals surface area contributed by atoms with Crippen LogP contribution >= 0.6 is 12.4 Å². The Kier molecular flexibility index (Phi) is 4.61. The van der Waals surface area contributed by atoms with Crippen LogP contribution in [0.5, 0.6) is 0 Å². The van der Waals surface area contributed by atoms with Crippen molar-refractivity contribution in [1.29, 1.82) is 0 Å². The van der Waals surface area contributed by atoms with E-state index in [9.17, 15) is 14.0 Å². The standard InChI is InChI=1S/C12H11FN2O3.ClH/c1-7-9-6-8(13)2-3-10(9)15(12(18)14-7)5-4-11(16)17;/h2-3,6H,4-5H2,1H3,(H,16,17);1H. The van der Waals surface area contributed by atoms with Gasteiger partial charge in [0.15, 0.2) is 0 Å². The quantitative estimate of drug-likeness (QED) is 0.933. The smallest absolute Gasteiger partial charge is 0.348 e. The number of hydrogen-bond acceptors (Lipinski definition) is 3. The monoisotopic (exact) mass is 286 g/mol. The lowest BCUT2D eigenvalue weighted by Gasteiger charge is -2.09. The molecule has 1 aromatic carbocycles. The van der Waals surface area contributed by atoms with Gasteiger partial charge in [-0.3, -0.25) is 9.36 Å². The fraction of sp³-hybridized carbons (Fsp3) is 0.250. The highest BCUT2D eigenvalue weighted by molar-refractivity contribution is 5.85. The number of carboxylic acid groups (broad SMARTS) is 1. The first-order valence-electron chi connectivity index (χ1n) is 5.37. The summed E-state index contributed by atoms with van der Waals surface area (Å²) in [6, 6.07) is 3.98. The van der Waals surface area contributed by atoms with Crippen LogP contribution in [0.25, 0.3) is 10.9 Å². The third-order valence-corrected chi connectivity index (χ3v) is 2.68. The van der Waals surface area contributed by atoms with Gasteiger partial charge in [0.05, 0.1) is 17.6 Å². The van der Waals surface area contributed by atoms with Crippen molar-refractivity contribution in [1.82, 2.24) is 9.55 Å². The number of aromatic nitrogens is 2. The molecule has 0 fully saturated rings. The number of fused-ring (bicyclic) bond motifs is 1. The van der Waals surface area contributed by atoms with Gasteiger partial charge in [0.25, 0.3) is 0 Å². The number of aliphatic carboxylic acids is 1. The van der Waals surface area contributed by atoms with Crippen molar-refractivity contribution in [2.24, 2.45) is 0 Å². The minimum atomic E-state index is -1.00. The summed E-state index contributed by atoms with van der Waals surface area (Å²) < 4.78 is 14.4. The van der Waals surface area contributed by atoms with Crippen molar-refractivity contribution < 1.29 is 14.3 Å². The van der Waals surface area contributed by atoms with Crippen molar-refractivity contribution in [3.8, 4) is 0 Å². The molecule has 2 rings (SSSR count). The summed E-state index contributed by atoms with van der Waals surface area (Å²) in [5.74, 6) is -1.42. The molecule has 1 N–H and O–H groups in total. The van der Waals surface area contributed by atoms with Crippen molar-refractivity contribution in [2.45, 2.75) is 19.9 Å². The second-order valence-electron chi connectivity index (χ2n) is 3.94. The molecule has 0 saturated heterocycles. The number of nitrogens with zero attached hydrogens (tertiary/aromatic N) is 2. The topological polar surface area (TPSA) is 72.2 Å². The number of carbonyl (C=O) groups is 1. The number of hydrogen-bond donors (Lipinski definition) is 1. The van der Waals surface area contributed by atoms with Gasteiger partial charge in [0.1, 0.15) is 5.82 Å². The molecule has 0 bridgehead atoms. The molecule has 0 radical (unpaired) electrons. The molecule has 2 aromatic rings. The van der Waals surface area contributed by atoms with E-state index in [4.69, 9.17) is 5.11 Å². The second kappa shape index (κ2) is 5.79. The van der Waals surface area contributed by atoms with Crippen LogP contribution in [0.3, 0.4) is 0 Å². The predicted molar refractivity (Wildman–Crippen MR) is 70.2 cm³/mol. The van der Waals surface area contributed by atoms with Gasteiger partial charge in [-0.05, 0) is 25.1 Å². The van der Waals surface area contributed by atoms with Crippen LogP contribution in [0.4, 0.5) is 4.39 Å². The molecule has 7 heteroatoms. The van der Waals surface area contributed by atoms with Gasteiger partial charge in [-0.25, -0.2) is 9.18 Å². The average molecular weight is 287 g/mol. The van der Waals surface area contributed by atoms with Crippen LogP contribution < -0.4 is 5.69 Å². The van der Waals surface area contributed by atoms with Crippen molar-refractivity contribution in [2.75, 3.05) is 0 Å². The van der Waals surface area contributed by atoms with Crippen molar-refractivity contribution >= 4 is 29.3 Å². The van der Waals surface area contributed by atoms with Crippen LogP contribution in [0.2, 0.25) is 0 Å². The predicted octanol–water partition coefficient (Wildman–Crippen LogP) is 1.74. The zero-order chi connectivity index (χ0) is 13.3. The minimum absolute atomic E-state index is 0. The van der Waals surface area contributed by atoms with Crippen LogP contribution in [-0.4, -0.2) is 20.6 Å². The molecule has 1 heterocycles. The van der Waals surface area contributed by atoms with Gasteiger partial charge in [-0.15, -0.1) is 12.4 Å². The van der Waals surface area contributed by atoms with Crippen LogP contribution in [0, 0.1) is 12.7 Å². The Morgan fingerprint density at radius 3 is 2.79 bits per heavy atom. The fourth-order valence-corrected chi connectivity index (χ4v) is 1.82. The van der Waals surface area contributed by atoms with E-state index in [2.05, 4.69) is 4.98 Å². The highest BCUT2D eigenvalue weighted by atomic mass is 35.5. The maximum Gasteiger partial charge on any atom is 0.348 e. The summed E-state index contributed by atoms with van der Waals surface area (Å²) in [5.41, 5.74) is 0.407. The van der Waals surface area contributed by atoms with E-state index in [0.717, 1.165) is 0 Å². The molecule has 0 aliphatic rings. The zero-order valence-corrected chi connectivity index (χ0v) is 10.9. The fourth-order valence-electron chi connectivity index (χ4n) is 1.82. The highest BCUT2D eigenvalue weighted by Crippen LogP contribution is 2.16. The molecule has 0 aliphatic heterocycles. The molecule has 102 valence electrons. The van der Waals surface area contributed by atoms with Crippen LogP contribution in [0.1, 0.15) is 12.1 Å². The van der Waals surface area contributed by atoms with E-state index < -0.39 is 17.5 Å². The molecular formula is C12H12ClFN2O3. The Labute approximate surface area is 114 Å². The Hall–Kier alpha value is -1.95. The summed E-state index contributed by atoms with van der Waals surface area (Å²) in [5, 5.41) is 9.15. The van der Waals surface area contributed by atoms with Gasteiger partial charge < -0.3 is 5.11 Å². The van der Waals surface area contributed by atoms with E-state index in [0.29, 0.717) is 16.6 Å². The molecular weight excluding hydrogens is 275 g/mol. The number of rotatable bonds is 3. The van der Waals surface area contributed by atoms with E-state index >= 15 is 0 Å². The van der Waals surface area contributed by atoms with Crippen LogP contribution in [0.15, 0.2) is 23.0 Å². The summed E-state index contributed by atoms with van der Waals surface area (Å²) in [7, 11) is 0. The number of carboxylic acids is 1. The first-order chi connectivity index (χ1) is 8.49. The number of aryl methyl sites for hydroxylation is 2. The van der Waals surface area contributed by atoms with E-state index in [1.54, 1.807) is 6.92 Å². The summed E-state index contributed by atoms with van der Waals surface area (Å²) in [6.45, 7) is 1.63. The molecule has 0 unspecified atom stereocenters. The normalized spacial score (nSPS) is 10.2. The molecule has 1 aromatic heterocycles. The third kappa shape index (κ3) is 3.08. The Balaban J connectivity index is 0.00000180. The Morgan fingerprint density at radius 2 is 2.16 bits per heavy atom. The van der Waals surface area contributed by atoms with Gasteiger partial charge in [-0.2, -0.15) is 4.98 Å². The molecule has 0 aliphatic carbocycles. The Morgan fingerprint density at radius 1 is 1.47 bits per heavy atom. The SMILES string of the molecule is Cc1nc(=O)n(CCC(=O)O)c2ccc(F)cc12.Cl. The van der Waals surface area contributed by atoms with Gasteiger partial charge in [-0.1, -0.05) is 0 Å². The zero-order valence-electron chi connectivity index (χ0n) is 10.1. The van der Waals surface area contributed by atoms with E-state index in [-0.39, 0.29) is 25.4 Å². The first kappa shape index (κ1) is 15.1. The average Bonchev–Trinajstić information content (AvgIpc) is 2.29. The summed E-state index contributed by atoms with van der Waals surface area (Å²) >= 11 is 0. The third-order valence-electron chi connectivity index (χ3n) is 2.68. The molecule has 0 spiro atoms. The van der Waals surface area contributed by atoms with Gasteiger partial charge >= 0.3 is 11.7 Å². The van der Waals surface area contributed by atoms with Crippen molar-refractivity contribution in [3.63, 3.8) is 0 Å². The molecule has 19 heavy (non-hydrogen) atoms. The van der Waals surface area contributed by atoms with E-state index in [1.807, 2.05) is 0 Å². The lowest BCUT2D eigenvalue weighted by atomic mass is 10.2. The van der Waals surface area contributed by atoms with Crippen molar-refractivity contribution in [3.05, 3.63) is 40.2 Å². The van der Waals surface area contributed by atoms with E-state index in [1.165, 1.54) is 22.8 Å². The second-order valence-corrected chi connectivity index (χ2v) is 3.94. The summed E-state index contributed by atoms with van der Waals surface area (Å²) in [6.07, 6.45) is -0.183. The van der Waals surface area contributed by atoms with Crippen LogP contribution in [-0.2, 0) is 11.3 Å². The first-order valence-corrected chi connectivity index (χ1v) is 5.37. The lowest BCUT2D eigenvalue weighted by molar-refractivity contribution is -0.137. The number of halogens is 2. The summed E-state index contributed by atoms with van der Waals surface area (Å²) in [4.78, 5) is 26.0. The molecule has 0 saturated carbocycles. The molecule has 0 atom stereocenters. The highest BCUT2D eigenvalue weighted by Gasteiger charge is 2.09. The maximum absolute atomic E-state index is 13.2. The molecule has 5 nitrogen and oxygen atoms in total. The Bertz CT molecular complexity index is 684. The minimum Gasteiger partial charge on any atom is -0.481 e. The van der Waals surface area contributed by atoms with Gasteiger partial charge in [0.2, 0.25) is 0 Å².